The van der Waals surface area contributed by atoms with Crippen molar-refractivity contribution in [3.8, 4) is 0 Å². The lowest BCUT2D eigenvalue weighted by atomic mass is 10.1. The monoisotopic (exact) mass is 324 g/mol. The van der Waals surface area contributed by atoms with Crippen molar-refractivity contribution in [2.24, 2.45) is 11.8 Å². The molecule has 2 heterocycles. The first kappa shape index (κ1) is 17.2. The molecule has 1 aliphatic heterocycles. The van der Waals surface area contributed by atoms with Crippen LogP contribution >= 0.6 is 11.3 Å². The Hall–Kier alpha value is -1.14. The van der Waals surface area contributed by atoms with E-state index in [0.29, 0.717) is 18.4 Å². The van der Waals surface area contributed by atoms with Gasteiger partial charge in [0.05, 0.1) is 11.6 Å². The standard InChI is InChI=1S/C16H28N4OS/c1-12(2)7-15-17-8-14(22-15)9-18-16(21)20-6-5-13(11-20)10-19(3)4/h8,12-13H,5-7,9-11H2,1-4H3,(H,18,21)/t13-/m1/s1. The molecule has 0 saturated carbocycles. The zero-order valence-electron chi connectivity index (χ0n) is 14.1. The molecule has 1 aliphatic rings. The lowest BCUT2D eigenvalue weighted by molar-refractivity contribution is 0.205. The Morgan fingerprint density at radius 3 is 3.00 bits per heavy atom. The van der Waals surface area contributed by atoms with Crippen LogP contribution in [0, 0.1) is 11.8 Å². The van der Waals surface area contributed by atoms with Gasteiger partial charge in [-0.15, -0.1) is 11.3 Å². The summed E-state index contributed by atoms with van der Waals surface area (Å²) in [5, 5.41) is 4.18. The van der Waals surface area contributed by atoms with E-state index in [-0.39, 0.29) is 6.03 Å². The summed E-state index contributed by atoms with van der Waals surface area (Å²) in [6, 6.07) is 0.0556. The number of rotatable bonds is 6. The molecule has 2 rings (SSSR count). The van der Waals surface area contributed by atoms with Crippen LogP contribution in [-0.2, 0) is 13.0 Å². The molecule has 1 fully saturated rings. The molecular formula is C16H28N4OS. The van der Waals surface area contributed by atoms with Gasteiger partial charge in [0.25, 0.3) is 0 Å². The number of thiazole rings is 1. The van der Waals surface area contributed by atoms with Gasteiger partial charge in [0.2, 0.25) is 0 Å². The number of aromatic nitrogens is 1. The molecule has 0 unspecified atom stereocenters. The molecule has 1 aromatic rings. The fraction of sp³-hybridized carbons (Fsp3) is 0.750. The first-order valence-electron chi connectivity index (χ1n) is 8.05. The number of likely N-dealkylation sites (tertiary alicyclic amines) is 1. The summed E-state index contributed by atoms with van der Waals surface area (Å²) in [5.74, 6) is 1.22. The van der Waals surface area contributed by atoms with Gasteiger partial charge in [-0.05, 0) is 32.4 Å². The van der Waals surface area contributed by atoms with Crippen molar-refractivity contribution in [3.05, 3.63) is 16.1 Å². The first-order chi connectivity index (χ1) is 10.4. The van der Waals surface area contributed by atoms with Crippen molar-refractivity contribution in [3.63, 3.8) is 0 Å². The second kappa shape index (κ2) is 7.92. The van der Waals surface area contributed by atoms with Gasteiger partial charge in [0, 0.05) is 37.1 Å². The average molecular weight is 324 g/mol. The van der Waals surface area contributed by atoms with Crippen molar-refractivity contribution in [2.45, 2.75) is 33.2 Å². The number of hydrogen-bond donors (Lipinski definition) is 1. The quantitative estimate of drug-likeness (QED) is 0.874. The third-order valence-corrected chi connectivity index (χ3v) is 4.81. The minimum atomic E-state index is 0.0556. The maximum atomic E-state index is 12.2. The van der Waals surface area contributed by atoms with Crippen LogP contribution in [0.4, 0.5) is 4.79 Å². The highest BCUT2D eigenvalue weighted by Crippen LogP contribution is 2.18. The zero-order chi connectivity index (χ0) is 16.1. The van der Waals surface area contributed by atoms with Gasteiger partial charge in [-0.2, -0.15) is 0 Å². The van der Waals surface area contributed by atoms with E-state index < -0.39 is 0 Å². The van der Waals surface area contributed by atoms with E-state index in [9.17, 15) is 4.79 Å². The highest BCUT2D eigenvalue weighted by atomic mass is 32.1. The summed E-state index contributed by atoms with van der Waals surface area (Å²) in [5.41, 5.74) is 0. The lowest BCUT2D eigenvalue weighted by Crippen LogP contribution is -2.38. The second-order valence-corrected chi connectivity index (χ2v) is 8.04. The molecule has 1 aromatic heterocycles. The van der Waals surface area contributed by atoms with Crippen LogP contribution < -0.4 is 5.32 Å². The van der Waals surface area contributed by atoms with E-state index in [1.54, 1.807) is 11.3 Å². The van der Waals surface area contributed by atoms with E-state index >= 15 is 0 Å². The number of hydrogen-bond acceptors (Lipinski definition) is 4. The molecule has 1 atom stereocenters. The third-order valence-electron chi connectivity index (χ3n) is 3.79. The fourth-order valence-electron chi connectivity index (χ4n) is 2.83. The summed E-state index contributed by atoms with van der Waals surface area (Å²) in [7, 11) is 4.17. The summed E-state index contributed by atoms with van der Waals surface area (Å²) in [4.78, 5) is 21.9. The van der Waals surface area contributed by atoms with E-state index in [0.717, 1.165) is 42.4 Å². The normalized spacial score (nSPS) is 18.5. The Balaban J connectivity index is 1.75. The van der Waals surface area contributed by atoms with Crippen LogP contribution in [0.3, 0.4) is 0 Å². The van der Waals surface area contributed by atoms with Crippen molar-refractivity contribution in [2.75, 3.05) is 33.7 Å². The largest absolute Gasteiger partial charge is 0.333 e. The summed E-state index contributed by atoms with van der Waals surface area (Å²) >= 11 is 1.70. The van der Waals surface area contributed by atoms with Crippen molar-refractivity contribution < 1.29 is 4.79 Å². The molecule has 2 amide bonds. The zero-order valence-corrected chi connectivity index (χ0v) is 14.9. The fourth-order valence-corrected chi connectivity index (χ4v) is 3.90. The summed E-state index contributed by atoms with van der Waals surface area (Å²) < 4.78 is 0. The number of nitrogens with one attached hydrogen (secondary N) is 1. The average Bonchev–Trinajstić information content (AvgIpc) is 3.04. The number of urea groups is 1. The Kier molecular flexibility index (Phi) is 6.20. The minimum absolute atomic E-state index is 0.0556. The van der Waals surface area contributed by atoms with Crippen molar-refractivity contribution in [1.29, 1.82) is 0 Å². The molecule has 0 radical (unpaired) electrons. The predicted octanol–water partition coefficient (Wildman–Crippen LogP) is 2.43. The molecular weight excluding hydrogens is 296 g/mol. The van der Waals surface area contributed by atoms with E-state index in [2.05, 4.69) is 43.1 Å². The molecule has 0 aromatic carbocycles. The maximum absolute atomic E-state index is 12.2. The Bertz CT molecular complexity index is 486. The second-order valence-electron chi connectivity index (χ2n) is 6.84. The predicted molar refractivity (Wildman–Crippen MR) is 91.1 cm³/mol. The number of carbonyl (C=O) groups excluding carboxylic acids is 1. The molecule has 0 aliphatic carbocycles. The highest BCUT2D eigenvalue weighted by molar-refractivity contribution is 7.11. The van der Waals surface area contributed by atoms with Crippen molar-refractivity contribution in [1.82, 2.24) is 20.1 Å². The Morgan fingerprint density at radius 2 is 2.32 bits per heavy atom. The number of amides is 2. The van der Waals surface area contributed by atoms with E-state index in [1.807, 2.05) is 11.1 Å². The number of carbonyl (C=O) groups is 1. The van der Waals surface area contributed by atoms with Gasteiger partial charge in [-0.3, -0.25) is 0 Å². The van der Waals surface area contributed by atoms with Gasteiger partial charge in [-0.25, -0.2) is 9.78 Å². The molecule has 5 nitrogen and oxygen atoms in total. The molecule has 0 spiro atoms. The van der Waals surface area contributed by atoms with Crippen LogP contribution in [0.2, 0.25) is 0 Å². The maximum Gasteiger partial charge on any atom is 0.317 e. The van der Waals surface area contributed by atoms with Crippen LogP contribution in [0.15, 0.2) is 6.20 Å². The molecule has 22 heavy (non-hydrogen) atoms. The molecule has 1 N–H and O–H groups in total. The van der Waals surface area contributed by atoms with Crippen LogP contribution in [-0.4, -0.2) is 54.5 Å². The minimum Gasteiger partial charge on any atom is -0.333 e. The Morgan fingerprint density at radius 1 is 1.55 bits per heavy atom. The van der Waals surface area contributed by atoms with E-state index in [1.165, 1.54) is 0 Å². The lowest BCUT2D eigenvalue weighted by Gasteiger charge is -2.18. The van der Waals surface area contributed by atoms with Gasteiger partial charge in [0.15, 0.2) is 0 Å². The number of nitrogens with zero attached hydrogens (tertiary/aromatic N) is 3. The van der Waals surface area contributed by atoms with Crippen LogP contribution in [0.5, 0.6) is 0 Å². The van der Waals surface area contributed by atoms with Gasteiger partial charge < -0.3 is 15.1 Å². The van der Waals surface area contributed by atoms with Gasteiger partial charge >= 0.3 is 6.03 Å². The van der Waals surface area contributed by atoms with E-state index in [4.69, 9.17) is 0 Å². The van der Waals surface area contributed by atoms with Crippen molar-refractivity contribution >= 4 is 17.4 Å². The van der Waals surface area contributed by atoms with Crippen LogP contribution in [0.25, 0.3) is 0 Å². The SMILES string of the molecule is CC(C)Cc1ncc(CNC(=O)N2CC[C@H](CN(C)C)C2)s1. The molecule has 6 heteroatoms. The van der Waals surface area contributed by atoms with Crippen LogP contribution in [0.1, 0.15) is 30.2 Å². The summed E-state index contributed by atoms with van der Waals surface area (Å²) in [6.45, 7) is 7.76. The summed E-state index contributed by atoms with van der Waals surface area (Å²) in [6.07, 6.45) is 4.00. The molecule has 0 bridgehead atoms. The Labute approximate surface area is 137 Å². The van der Waals surface area contributed by atoms with Gasteiger partial charge in [-0.1, -0.05) is 13.8 Å². The van der Waals surface area contributed by atoms with Gasteiger partial charge in [0.1, 0.15) is 0 Å². The first-order valence-corrected chi connectivity index (χ1v) is 8.86. The smallest absolute Gasteiger partial charge is 0.317 e. The topological polar surface area (TPSA) is 48.5 Å². The molecule has 124 valence electrons. The third kappa shape index (κ3) is 5.25. The molecule has 1 saturated heterocycles. The highest BCUT2D eigenvalue weighted by Gasteiger charge is 2.26.